The zero-order chi connectivity index (χ0) is 16.1. The molecule has 0 saturated carbocycles. The van der Waals surface area contributed by atoms with Crippen molar-refractivity contribution in [1.82, 2.24) is 0 Å². The quantitative estimate of drug-likeness (QED) is 0.636. The highest BCUT2D eigenvalue weighted by molar-refractivity contribution is 6.35. The maximum Gasteiger partial charge on any atom is 0.256 e. The molecule has 7 heteroatoms. The molecule has 0 heterocycles. The van der Waals surface area contributed by atoms with Crippen LogP contribution >= 0.6 is 35.6 Å². The number of carbonyl (C=O) groups is 1. The van der Waals surface area contributed by atoms with Crippen molar-refractivity contribution in [3.8, 4) is 0 Å². The van der Waals surface area contributed by atoms with Crippen molar-refractivity contribution >= 4 is 47.5 Å². The van der Waals surface area contributed by atoms with Crippen LogP contribution in [0, 0.1) is 0 Å². The normalized spacial score (nSPS) is 11.2. The van der Waals surface area contributed by atoms with E-state index in [4.69, 9.17) is 34.7 Å². The summed E-state index contributed by atoms with van der Waals surface area (Å²) in [5, 5.41) is 1.05. The summed E-state index contributed by atoms with van der Waals surface area (Å²) < 4.78 is 0. The molecule has 0 fully saturated rings. The summed E-state index contributed by atoms with van der Waals surface area (Å²) in [4.78, 5) is 16.0. The van der Waals surface area contributed by atoms with E-state index in [1.807, 2.05) is 30.3 Å². The van der Waals surface area contributed by atoms with E-state index in [0.717, 1.165) is 11.1 Å². The van der Waals surface area contributed by atoms with Crippen molar-refractivity contribution in [2.75, 3.05) is 0 Å². The highest BCUT2D eigenvalue weighted by Gasteiger charge is 2.22. The van der Waals surface area contributed by atoms with E-state index in [1.54, 1.807) is 18.2 Å². The van der Waals surface area contributed by atoms with Gasteiger partial charge in [-0.25, -0.2) is 0 Å². The molecule has 122 valence electrons. The van der Waals surface area contributed by atoms with Crippen molar-refractivity contribution in [2.24, 2.45) is 16.5 Å². The third-order valence-electron chi connectivity index (χ3n) is 3.18. The molecule has 2 aromatic carbocycles. The molecule has 0 spiro atoms. The van der Waals surface area contributed by atoms with Crippen LogP contribution in [0.25, 0.3) is 0 Å². The van der Waals surface area contributed by atoms with Crippen molar-refractivity contribution in [2.45, 2.75) is 12.3 Å². The van der Waals surface area contributed by atoms with Crippen LogP contribution in [0.2, 0.25) is 10.0 Å². The lowest BCUT2D eigenvalue weighted by Crippen LogP contribution is -2.26. The molecule has 0 aliphatic rings. The summed E-state index contributed by atoms with van der Waals surface area (Å²) in [6.07, 6.45) is 0.385. The first-order valence-corrected chi connectivity index (χ1v) is 7.35. The fraction of sp³-hybridized carbons (Fsp3) is 0.125. The lowest BCUT2D eigenvalue weighted by Gasteiger charge is -2.15. The Morgan fingerprint density at radius 2 is 1.74 bits per heavy atom. The minimum absolute atomic E-state index is 0. The maximum absolute atomic E-state index is 12.3. The molecular formula is C16H16Cl3N3O. The van der Waals surface area contributed by atoms with Crippen LogP contribution in [0.3, 0.4) is 0 Å². The molecular weight excluding hydrogens is 357 g/mol. The number of nitrogens with zero attached hydrogens (tertiary/aromatic N) is 1. The molecule has 0 bridgehead atoms. The topological polar surface area (TPSA) is 81.5 Å². The third-order valence-corrected chi connectivity index (χ3v) is 3.77. The number of carbonyl (C=O) groups excluding carboxylic acids is 1. The highest BCUT2D eigenvalue weighted by atomic mass is 35.5. The zero-order valence-corrected chi connectivity index (χ0v) is 14.4. The van der Waals surface area contributed by atoms with Crippen LogP contribution < -0.4 is 11.5 Å². The number of rotatable bonds is 4. The third kappa shape index (κ3) is 5.43. The molecule has 1 amide bonds. The number of hydrogen-bond donors (Lipinski definition) is 2. The molecule has 0 radical (unpaired) electrons. The Morgan fingerprint density at radius 1 is 1.09 bits per heavy atom. The summed E-state index contributed by atoms with van der Waals surface area (Å²) in [6, 6.07) is 14.5. The predicted octanol–water partition coefficient (Wildman–Crippen LogP) is 3.54. The van der Waals surface area contributed by atoms with E-state index in [0.29, 0.717) is 16.5 Å². The Labute approximate surface area is 150 Å². The fourth-order valence-corrected chi connectivity index (χ4v) is 2.63. The Balaban J connectivity index is 0.00000264. The van der Waals surface area contributed by atoms with Gasteiger partial charge in [-0.05, 0) is 29.7 Å². The summed E-state index contributed by atoms with van der Waals surface area (Å²) in [5.74, 6) is -1.17. The number of aliphatic imine (C=N–C) groups is 1. The van der Waals surface area contributed by atoms with Crippen LogP contribution in [0.15, 0.2) is 53.5 Å². The lowest BCUT2D eigenvalue weighted by molar-refractivity contribution is -0.119. The highest BCUT2D eigenvalue weighted by Crippen LogP contribution is 2.28. The van der Waals surface area contributed by atoms with Crippen LogP contribution in [-0.2, 0) is 11.2 Å². The minimum atomic E-state index is -0.512. The zero-order valence-electron chi connectivity index (χ0n) is 12.1. The van der Waals surface area contributed by atoms with Crippen LogP contribution in [-0.4, -0.2) is 11.9 Å². The second kappa shape index (κ2) is 8.77. The van der Waals surface area contributed by atoms with Gasteiger partial charge in [-0.3, -0.25) is 4.79 Å². The Hall–Kier alpha value is -1.75. The van der Waals surface area contributed by atoms with E-state index >= 15 is 0 Å². The van der Waals surface area contributed by atoms with E-state index in [-0.39, 0.29) is 18.4 Å². The Kier molecular flexibility index (Phi) is 7.36. The van der Waals surface area contributed by atoms with Gasteiger partial charge in [-0.15, -0.1) is 12.4 Å². The summed E-state index contributed by atoms with van der Waals surface area (Å²) >= 11 is 12.1. The molecule has 4 N–H and O–H groups in total. The molecule has 4 nitrogen and oxygen atoms in total. The minimum Gasteiger partial charge on any atom is -0.370 e. The van der Waals surface area contributed by atoms with Gasteiger partial charge in [-0.1, -0.05) is 59.6 Å². The number of amides is 1. The van der Waals surface area contributed by atoms with Crippen molar-refractivity contribution in [3.05, 3.63) is 69.7 Å². The van der Waals surface area contributed by atoms with Gasteiger partial charge < -0.3 is 11.5 Å². The van der Waals surface area contributed by atoms with Gasteiger partial charge in [0.15, 0.2) is 5.96 Å². The smallest absolute Gasteiger partial charge is 0.256 e. The average molecular weight is 373 g/mol. The number of benzene rings is 2. The van der Waals surface area contributed by atoms with Gasteiger partial charge in [0, 0.05) is 10.0 Å². The van der Waals surface area contributed by atoms with E-state index in [1.165, 1.54) is 0 Å². The molecule has 0 aromatic heterocycles. The molecule has 0 saturated heterocycles. The summed E-state index contributed by atoms with van der Waals surface area (Å²) in [5.41, 5.74) is 12.3. The first kappa shape index (κ1) is 19.3. The Bertz CT molecular complexity index is 701. The second-order valence-electron chi connectivity index (χ2n) is 4.78. The molecule has 2 aromatic rings. The molecule has 23 heavy (non-hydrogen) atoms. The van der Waals surface area contributed by atoms with Gasteiger partial charge in [-0.2, -0.15) is 4.99 Å². The lowest BCUT2D eigenvalue weighted by atomic mass is 9.91. The number of hydrogen-bond acceptors (Lipinski definition) is 1. The van der Waals surface area contributed by atoms with Gasteiger partial charge in [0.2, 0.25) is 0 Å². The van der Waals surface area contributed by atoms with E-state index in [2.05, 4.69) is 4.99 Å². The van der Waals surface area contributed by atoms with E-state index < -0.39 is 11.8 Å². The van der Waals surface area contributed by atoms with Crippen LogP contribution in [0.5, 0.6) is 0 Å². The molecule has 0 aliphatic carbocycles. The maximum atomic E-state index is 12.3. The Morgan fingerprint density at radius 3 is 2.30 bits per heavy atom. The SMILES string of the molecule is Cl.NC(N)=NC(=O)C(Cc1ccc(Cl)cc1Cl)c1ccccc1. The van der Waals surface area contributed by atoms with Gasteiger partial charge in [0.25, 0.3) is 5.91 Å². The summed E-state index contributed by atoms with van der Waals surface area (Å²) in [6.45, 7) is 0. The van der Waals surface area contributed by atoms with Crippen LogP contribution in [0.4, 0.5) is 0 Å². The average Bonchev–Trinajstić information content (AvgIpc) is 2.46. The second-order valence-corrected chi connectivity index (χ2v) is 5.62. The molecule has 0 aliphatic heterocycles. The van der Waals surface area contributed by atoms with Crippen molar-refractivity contribution in [1.29, 1.82) is 0 Å². The largest absolute Gasteiger partial charge is 0.370 e. The van der Waals surface area contributed by atoms with Gasteiger partial charge in [0.05, 0.1) is 5.92 Å². The molecule has 1 unspecified atom stereocenters. The first-order valence-electron chi connectivity index (χ1n) is 6.59. The standard InChI is InChI=1S/C16H15Cl2N3O.ClH/c17-12-7-6-11(14(18)9-12)8-13(15(22)21-16(19)20)10-4-2-1-3-5-10;/h1-7,9,13H,8H2,(H4,19,20,21,22);1H. The summed E-state index contributed by atoms with van der Waals surface area (Å²) in [7, 11) is 0. The number of halogens is 3. The van der Waals surface area contributed by atoms with Crippen molar-refractivity contribution in [3.63, 3.8) is 0 Å². The van der Waals surface area contributed by atoms with Crippen molar-refractivity contribution < 1.29 is 4.79 Å². The fourth-order valence-electron chi connectivity index (χ4n) is 2.15. The molecule has 2 rings (SSSR count). The van der Waals surface area contributed by atoms with E-state index in [9.17, 15) is 4.79 Å². The number of nitrogens with two attached hydrogens (primary N) is 2. The van der Waals surface area contributed by atoms with Crippen LogP contribution in [0.1, 0.15) is 17.0 Å². The first-order chi connectivity index (χ1) is 10.5. The van der Waals surface area contributed by atoms with Gasteiger partial charge in [0.1, 0.15) is 0 Å². The van der Waals surface area contributed by atoms with Gasteiger partial charge >= 0.3 is 0 Å². The molecule has 1 atom stereocenters. The number of guanidine groups is 1. The monoisotopic (exact) mass is 371 g/mol. The predicted molar refractivity (Wildman–Crippen MR) is 97.4 cm³/mol.